The first-order valence-electron chi connectivity index (χ1n) is 6.44. The van der Waals surface area contributed by atoms with Gasteiger partial charge in [0.1, 0.15) is 6.04 Å². The number of nitrogens with one attached hydrogen (secondary N) is 2. The van der Waals surface area contributed by atoms with Crippen LogP contribution in [0.3, 0.4) is 0 Å². The number of carbonyl (C=O) groups excluding carboxylic acids is 3. The lowest BCUT2D eigenvalue weighted by molar-refractivity contribution is -0.141. The fraction of sp³-hybridized carbons (Fsp3) is 0.750. The second-order valence-electron chi connectivity index (χ2n) is 4.79. The molecule has 1 atom stereocenters. The van der Waals surface area contributed by atoms with Crippen LogP contribution in [0.5, 0.6) is 0 Å². The molecule has 0 aromatic carbocycles. The number of amides is 3. The highest BCUT2D eigenvalue weighted by atomic mass is 16.2. The summed E-state index contributed by atoms with van der Waals surface area (Å²) in [6, 6.07) is -0.445. The number of hydrogen-bond acceptors (Lipinski definition) is 4. The molecule has 3 amide bonds. The Bertz CT molecular complexity index is 347. The molecule has 19 heavy (non-hydrogen) atoms. The molecule has 2 N–H and O–H groups in total. The SMILES string of the molecule is CCCN(CC(=O)N(C)C)C(=O)C1CNC(=O)CN1. The predicted molar refractivity (Wildman–Crippen MR) is 70.4 cm³/mol. The Morgan fingerprint density at radius 2 is 2.05 bits per heavy atom. The lowest BCUT2D eigenvalue weighted by Crippen LogP contribution is -2.59. The molecular weight excluding hydrogens is 248 g/mol. The molecule has 1 fully saturated rings. The van der Waals surface area contributed by atoms with Gasteiger partial charge in [0.2, 0.25) is 17.7 Å². The first kappa shape index (κ1) is 15.4. The van der Waals surface area contributed by atoms with Gasteiger partial charge in [-0.2, -0.15) is 0 Å². The van der Waals surface area contributed by atoms with Crippen LogP contribution in [-0.4, -0.2) is 73.8 Å². The topological polar surface area (TPSA) is 81.8 Å². The largest absolute Gasteiger partial charge is 0.353 e. The van der Waals surface area contributed by atoms with Gasteiger partial charge in [0.15, 0.2) is 0 Å². The molecule has 0 bridgehead atoms. The van der Waals surface area contributed by atoms with Gasteiger partial charge in [-0.05, 0) is 6.42 Å². The first-order valence-corrected chi connectivity index (χ1v) is 6.44. The van der Waals surface area contributed by atoms with E-state index in [0.717, 1.165) is 6.42 Å². The number of rotatable bonds is 5. The molecule has 1 aliphatic heterocycles. The summed E-state index contributed by atoms with van der Waals surface area (Å²) in [5, 5.41) is 5.52. The Hall–Kier alpha value is -1.63. The van der Waals surface area contributed by atoms with Crippen LogP contribution in [0.25, 0.3) is 0 Å². The van der Waals surface area contributed by atoms with E-state index in [1.54, 1.807) is 14.1 Å². The predicted octanol–water partition coefficient (Wildman–Crippen LogP) is -1.60. The Labute approximate surface area is 113 Å². The van der Waals surface area contributed by atoms with Gasteiger partial charge in [-0.1, -0.05) is 6.92 Å². The highest BCUT2D eigenvalue weighted by molar-refractivity contribution is 5.89. The molecule has 108 valence electrons. The van der Waals surface area contributed by atoms with Crippen LogP contribution in [-0.2, 0) is 14.4 Å². The highest BCUT2D eigenvalue weighted by Crippen LogP contribution is 2.00. The third-order valence-electron chi connectivity index (χ3n) is 2.94. The highest BCUT2D eigenvalue weighted by Gasteiger charge is 2.28. The van der Waals surface area contributed by atoms with Gasteiger partial charge in [0.05, 0.1) is 13.1 Å². The maximum Gasteiger partial charge on any atom is 0.242 e. The molecule has 0 aromatic rings. The zero-order valence-electron chi connectivity index (χ0n) is 11.7. The number of nitrogens with zero attached hydrogens (tertiary/aromatic N) is 2. The molecular formula is C12H22N4O3. The van der Waals surface area contributed by atoms with Crippen molar-refractivity contribution < 1.29 is 14.4 Å². The summed E-state index contributed by atoms with van der Waals surface area (Å²) in [4.78, 5) is 38.0. The molecule has 1 rings (SSSR count). The third-order valence-corrected chi connectivity index (χ3v) is 2.94. The Kier molecular flexibility index (Phi) is 5.75. The second kappa shape index (κ2) is 7.08. The summed E-state index contributed by atoms with van der Waals surface area (Å²) < 4.78 is 0. The number of piperazine rings is 1. The first-order chi connectivity index (χ1) is 8.95. The van der Waals surface area contributed by atoms with E-state index in [9.17, 15) is 14.4 Å². The molecule has 1 heterocycles. The fourth-order valence-electron chi connectivity index (χ4n) is 1.80. The van der Waals surface area contributed by atoms with Crippen LogP contribution >= 0.6 is 0 Å². The smallest absolute Gasteiger partial charge is 0.242 e. The Morgan fingerprint density at radius 1 is 1.37 bits per heavy atom. The zero-order chi connectivity index (χ0) is 14.4. The van der Waals surface area contributed by atoms with Crippen molar-refractivity contribution in [2.75, 3.05) is 40.3 Å². The Balaban J connectivity index is 2.61. The molecule has 1 aliphatic rings. The normalized spacial score (nSPS) is 18.7. The lowest BCUT2D eigenvalue weighted by Gasteiger charge is -2.30. The van der Waals surface area contributed by atoms with E-state index >= 15 is 0 Å². The van der Waals surface area contributed by atoms with E-state index < -0.39 is 6.04 Å². The van der Waals surface area contributed by atoms with Gasteiger partial charge in [-0.15, -0.1) is 0 Å². The summed E-state index contributed by atoms with van der Waals surface area (Å²) in [5.41, 5.74) is 0. The quantitative estimate of drug-likeness (QED) is 0.630. The van der Waals surface area contributed by atoms with E-state index in [4.69, 9.17) is 0 Å². The fourth-order valence-corrected chi connectivity index (χ4v) is 1.80. The van der Waals surface area contributed by atoms with Crippen LogP contribution in [0.4, 0.5) is 0 Å². The monoisotopic (exact) mass is 270 g/mol. The van der Waals surface area contributed by atoms with Gasteiger partial charge < -0.3 is 15.1 Å². The molecule has 1 unspecified atom stereocenters. The molecule has 0 aliphatic carbocycles. The lowest BCUT2D eigenvalue weighted by atomic mass is 10.2. The van der Waals surface area contributed by atoms with Crippen LogP contribution in [0.1, 0.15) is 13.3 Å². The minimum atomic E-state index is -0.445. The molecule has 0 aromatic heterocycles. The molecule has 0 saturated carbocycles. The maximum atomic E-state index is 12.3. The van der Waals surface area contributed by atoms with Gasteiger partial charge in [0, 0.05) is 27.2 Å². The maximum absolute atomic E-state index is 12.3. The van der Waals surface area contributed by atoms with E-state index in [1.165, 1.54) is 9.80 Å². The summed E-state index contributed by atoms with van der Waals surface area (Å²) in [6.45, 7) is 2.97. The van der Waals surface area contributed by atoms with E-state index in [1.807, 2.05) is 6.92 Å². The summed E-state index contributed by atoms with van der Waals surface area (Å²) in [5.74, 6) is -0.367. The van der Waals surface area contributed by atoms with Crippen LogP contribution < -0.4 is 10.6 Å². The van der Waals surface area contributed by atoms with E-state index in [2.05, 4.69) is 10.6 Å². The van der Waals surface area contributed by atoms with E-state index in [-0.39, 0.29) is 37.4 Å². The Morgan fingerprint density at radius 3 is 2.53 bits per heavy atom. The van der Waals surface area contributed by atoms with Crippen molar-refractivity contribution in [1.29, 1.82) is 0 Å². The number of hydrogen-bond donors (Lipinski definition) is 2. The van der Waals surface area contributed by atoms with Crippen LogP contribution in [0.15, 0.2) is 0 Å². The van der Waals surface area contributed by atoms with Gasteiger partial charge >= 0.3 is 0 Å². The average molecular weight is 270 g/mol. The summed E-state index contributed by atoms with van der Waals surface area (Å²) >= 11 is 0. The summed E-state index contributed by atoms with van der Waals surface area (Å²) in [7, 11) is 3.33. The standard InChI is InChI=1S/C12H22N4O3/c1-4-5-16(8-11(18)15(2)3)12(19)9-6-14-10(17)7-13-9/h9,13H,4-8H2,1-3H3,(H,14,17). The number of likely N-dealkylation sites (N-methyl/N-ethyl adjacent to an activating group) is 1. The van der Waals surface area contributed by atoms with Crippen molar-refractivity contribution in [3.05, 3.63) is 0 Å². The molecule has 0 spiro atoms. The zero-order valence-corrected chi connectivity index (χ0v) is 11.7. The van der Waals surface area contributed by atoms with Gasteiger partial charge in [-0.25, -0.2) is 0 Å². The van der Waals surface area contributed by atoms with Gasteiger partial charge in [0.25, 0.3) is 0 Å². The summed E-state index contributed by atoms with van der Waals surface area (Å²) in [6.07, 6.45) is 0.783. The van der Waals surface area contributed by atoms with Crippen molar-refractivity contribution >= 4 is 17.7 Å². The second-order valence-corrected chi connectivity index (χ2v) is 4.79. The minimum absolute atomic E-state index is 0.0752. The third kappa shape index (κ3) is 4.51. The van der Waals surface area contributed by atoms with Gasteiger partial charge in [-0.3, -0.25) is 19.7 Å². The molecule has 7 heteroatoms. The van der Waals surface area contributed by atoms with Crippen LogP contribution in [0, 0.1) is 0 Å². The molecule has 7 nitrogen and oxygen atoms in total. The van der Waals surface area contributed by atoms with E-state index in [0.29, 0.717) is 6.54 Å². The van der Waals surface area contributed by atoms with Crippen LogP contribution in [0.2, 0.25) is 0 Å². The minimum Gasteiger partial charge on any atom is -0.353 e. The van der Waals surface area contributed by atoms with Crippen molar-refractivity contribution in [2.24, 2.45) is 0 Å². The van der Waals surface area contributed by atoms with Crippen molar-refractivity contribution in [2.45, 2.75) is 19.4 Å². The number of carbonyl (C=O) groups is 3. The molecule has 0 radical (unpaired) electrons. The van der Waals surface area contributed by atoms with Crippen molar-refractivity contribution in [1.82, 2.24) is 20.4 Å². The van der Waals surface area contributed by atoms with Crippen molar-refractivity contribution in [3.8, 4) is 0 Å². The molecule has 1 saturated heterocycles. The average Bonchev–Trinajstić information content (AvgIpc) is 2.38. The van der Waals surface area contributed by atoms with Crippen molar-refractivity contribution in [3.63, 3.8) is 0 Å².